The van der Waals surface area contributed by atoms with Gasteiger partial charge >= 0.3 is 0 Å². The van der Waals surface area contributed by atoms with Gasteiger partial charge in [0, 0.05) is 5.56 Å². The van der Waals surface area contributed by atoms with Gasteiger partial charge in [0.1, 0.15) is 5.76 Å². The summed E-state index contributed by atoms with van der Waals surface area (Å²) in [6.07, 6.45) is 1.78. The molecule has 2 aromatic carbocycles. The van der Waals surface area contributed by atoms with E-state index in [1.54, 1.807) is 6.26 Å². The van der Waals surface area contributed by atoms with Crippen molar-refractivity contribution in [1.29, 1.82) is 0 Å². The molecule has 0 aliphatic rings. The minimum atomic E-state index is 0.923. The van der Waals surface area contributed by atoms with Gasteiger partial charge in [0.25, 0.3) is 0 Å². The molecule has 0 unspecified atom stereocenters. The molecule has 3 rings (SSSR count). The highest BCUT2D eigenvalue weighted by Crippen LogP contribution is 2.25. The molecule has 0 saturated heterocycles. The molecule has 0 saturated carbocycles. The van der Waals surface area contributed by atoms with E-state index in [9.17, 15) is 0 Å². The molecule has 3 aromatic rings. The summed E-state index contributed by atoms with van der Waals surface area (Å²) in [5.41, 5.74) is 4.72. The van der Waals surface area contributed by atoms with E-state index < -0.39 is 0 Å². The first kappa shape index (κ1) is 10.8. The highest BCUT2D eigenvalue weighted by atomic mass is 16.3. The third-order valence-electron chi connectivity index (χ3n) is 3.01. The Kier molecular flexibility index (Phi) is 2.73. The third kappa shape index (κ3) is 2.07. The zero-order valence-corrected chi connectivity index (χ0v) is 10.3. The number of hydrogen-bond donors (Lipinski definition) is 0. The summed E-state index contributed by atoms with van der Waals surface area (Å²) in [7, 11) is 0. The second-order valence-corrected chi connectivity index (χ2v) is 4.43. The average Bonchev–Trinajstić information content (AvgIpc) is 2.87. The Balaban J connectivity index is 1.94. The lowest BCUT2D eigenvalue weighted by molar-refractivity contribution is 0.580. The van der Waals surface area contributed by atoms with Gasteiger partial charge in [-0.2, -0.15) is 0 Å². The molecule has 0 N–H and O–H groups in total. The van der Waals surface area contributed by atoms with E-state index in [1.165, 1.54) is 11.1 Å². The molecule has 0 fully saturated rings. The van der Waals surface area contributed by atoms with Crippen molar-refractivity contribution in [1.82, 2.24) is 0 Å². The maximum atomic E-state index is 5.50. The summed E-state index contributed by atoms with van der Waals surface area (Å²) in [5, 5.41) is 0. The van der Waals surface area contributed by atoms with Crippen molar-refractivity contribution in [3.05, 3.63) is 72.5 Å². The zero-order valence-electron chi connectivity index (χ0n) is 10.3. The Morgan fingerprint density at radius 1 is 0.722 bits per heavy atom. The van der Waals surface area contributed by atoms with Gasteiger partial charge in [-0.3, -0.25) is 0 Å². The summed E-state index contributed by atoms with van der Waals surface area (Å²) in [6, 6.07) is 20.9. The van der Waals surface area contributed by atoms with Gasteiger partial charge in [0.05, 0.1) is 6.26 Å². The summed E-state index contributed by atoms with van der Waals surface area (Å²) in [6.45, 7) is 2.03. The summed E-state index contributed by atoms with van der Waals surface area (Å²) in [4.78, 5) is 0. The zero-order chi connectivity index (χ0) is 12.4. The van der Waals surface area contributed by atoms with Crippen LogP contribution in [0.5, 0.6) is 0 Å². The molecular formula is C17H14O. The van der Waals surface area contributed by atoms with Crippen molar-refractivity contribution in [2.45, 2.75) is 6.92 Å². The number of hydrogen-bond acceptors (Lipinski definition) is 1. The summed E-state index contributed by atoms with van der Waals surface area (Å²) in [5.74, 6) is 0.923. The molecule has 0 atom stereocenters. The lowest BCUT2D eigenvalue weighted by atomic mass is 10.0. The Morgan fingerprint density at radius 2 is 1.33 bits per heavy atom. The Hall–Kier alpha value is -2.28. The fourth-order valence-corrected chi connectivity index (χ4v) is 2.04. The van der Waals surface area contributed by atoms with E-state index in [0.29, 0.717) is 0 Å². The highest BCUT2D eigenvalue weighted by molar-refractivity contribution is 5.68. The lowest BCUT2D eigenvalue weighted by Crippen LogP contribution is -1.78. The highest BCUT2D eigenvalue weighted by Gasteiger charge is 2.03. The molecule has 88 valence electrons. The van der Waals surface area contributed by atoms with Crippen LogP contribution >= 0.6 is 0 Å². The summed E-state index contributed by atoms with van der Waals surface area (Å²) < 4.78 is 5.50. The van der Waals surface area contributed by atoms with Gasteiger partial charge in [-0.15, -0.1) is 0 Å². The van der Waals surface area contributed by atoms with E-state index in [-0.39, 0.29) is 0 Å². The first-order valence-corrected chi connectivity index (χ1v) is 6.04. The topological polar surface area (TPSA) is 13.1 Å². The fourth-order valence-electron chi connectivity index (χ4n) is 2.04. The van der Waals surface area contributed by atoms with E-state index in [4.69, 9.17) is 4.42 Å². The van der Waals surface area contributed by atoms with Crippen LogP contribution in [-0.2, 0) is 0 Å². The Bertz CT molecular complexity index is 633. The van der Waals surface area contributed by atoms with Gasteiger partial charge in [-0.25, -0.2) is 0 Å². The van der Waals surface area contributed by atoms with Crippen LogP contribution in [0.1, 0.15) is 5.56 Å². The van der Waals surface area contributed by atoms with Crippen LogP contribution in [0.4, 0.5) is 0 Å². The number of furan rings is 1. The molecule has 0 aliphatic heterocycles. The minimum absolute atomic E-state index is 0.923. The monoisotopic (exact) mass is 234 g/mol. The smallest absolute Gasteiger partial charge is 0.134 e. The second kappa shape index (κ2) is 4.53. The van der Waals surface area contributed by atoms with Crippen LogP contribution < -0.4 is 0 Å². The molecule has 1 heteroatoms. The molecule has 18 heavy (non-hydrogen) atoms. The number of benzene rings is 2. The van der Waals surface area contributed by atoms with Crippen molar-refractivity contribution in [3.63, 3.8) is 0 Å². The molecule has 0 spiro atoms. The average molecular weight is 234 g/mol. The van der Waals surface area contributed by atoms with Crippen LogP contribution in [0.3, 0.4) is 0 Å². The normalized spacial score (nSPS) is 10.5. The maximum absolute atomic E-state index is 5.50. The van der Waals surface area contributed by atoms with E-state index in [0.717, 1.165) is 16.9 Å². The first-order valence-electron chi connectivity index (χ1n) is 6.04. The molecule has 0 amide bonds. The third-order valence-corrected chi connectivity index (χ3v) is 3.01. The van der Waals surface area contributed by atoms with Gasteiger partial charge < -0.3 is 4.42 Å². The molecule has 0 radical (unpaired) electrons. The molecule has 1 heterocycles. The van der Waals surface area contributed by atoms with E-state index in [1.807, 2.05) is 13.0 Å². The standard InChI is InChI=1S/C17H14O/c1-13-11-17(18-12-13)16-9-7-15(8-10-16)14-5-3-2-4-6-14/h2-12H,1H3. The van der Waals surface area contributed by atoms with Crippen molar-refractivity contribution in [2.75, 3.05) is 0 Å². The first-order chi connectivity index (χ1) is 8.83. The van der Waals surface area contributed by atoms with Crippen LogP contribution in [0.15, 0.2) is 71.3 Å². The van der Waals surface area contributed by atoms with Gasteiger partial charge in [0.2, 0.25) is 0 Å². The number of aryl methyl sites for hydroxylation is 1. The van der Waals surface area contributed by atoms with Crippen LogP contribution in [0.25, 0.3) is 22.5 Å². The quantitative estimate of drug-likeness (QED) is 0.613. The minimum Gasteiger partial charge on any atom is -0.464 e. The van der Waals surface area contributed by atoms with Gasteiger partial charge in [-0.1, -0.05) is 54.6 Å². The fraction of sp³-hybridized carbons (Fsp3) is 0.0588. The SMILES string of the molecule is Cc1coc(-c2ccc(-c3ccccc3)cc2)c1. The molecule has 0 bridgehead atoms. The van der Waals surface area contributed by atoms with E-state index in [2.05, 4.69) is 54.6 Å². The van der Waals surface area contributed by atoms with Gasteiger partial charge in [0.15, 0.2) is 0 Å². The molecule has 0 aliphatic carbocycles. The molecule has 1 nitrogen and oxygen atoms in total. The Morgan fingerprint density at radius 3 is 1.94 bits per heavy atom. The van der Waals surface area contributed by atoms with Crippen molar-refractivity contribution in [2.24, 2.45) is 0 Å². The second-order valence-electron chi connectivity index (χ2n) is 4.43. The van der Waals surface area contributed by atoms with Crippen LogP contribution in [0, 0.1) is 6.92 Å². The lowest BCUT2D eigenvalue weighted by Gasteiger charge is -2.02. The Labute approximate surface area is 107 Å². The predicted octanol–water partition coefficient (Wildman–Crippen LogP) is 4.92. The van der Waals surface area contributed by atoms with Crippen LogP contribution in [-0.4, -0.2) is 0 Å². The summed E-state index contributed by atoms with van der Waals surface area (Å²) >= 11 is 0. The maximum Gasteiger partial charge on any atom is 0.134 e. The largest absolute Gasteiger partial charge is 0.464 e. The van der Waals surface area contributed by atoms with Crippen molar-refractivity contribution < 1.29 is 4.42 Å². The van der Waals surface area contributed by atoms with Crippen LogP contribution in [0.2, 0.25) is 0 Å². The molecular weight excluding hydrogens is 220 g/mol. The number of rotatable bonds is 2. The van der Waals surface area contributed by atoms with Crippen molar-refractivity contribution >= 4 is 0 Å². The van der Waals surface area contributed by atoms with Gasteiger partial charge in [-0.05, 0) is 29.7 Å². The molecule has 1 aromatic heterocycles. The van der Waals surface area contributed by atoms with Crippen molar-refractivity contribution in [3.8, 4) is 22.5 Å². The van der Waals surface area contributed by atoms with E-state index >= 15 is 0 Å². The predicted molar refractivity (Wildman–Crippen MR) is 74.3 cm³/mol.